The van der Waals surface area contributed by atoms with E-state index in [2.05, 4.69) is 37.8 Å². The number of rotatable bonds is 10. The SMILES string of the molecule is CCN(CC)CCN(C(=O)CSc1ccc(OC)cc1)c1nc2ccc(C)cc2s1. The van der Waals surface area contributed by atoms with Crippen LogP contribution in [0.2, 0.25) is 0 Å². The summed E-state index contributed by atoms with van der Waals surface area (Å²) in [6, 6.07) is 14.0. The molecule has 1 heterocycles. The van der Waals surface area contributed by atoms with E-state index in [0.717, 1.165) is 45.6 Å². The van der Waals surface area contributed by atoms with Crippen LogP contribution in [-0.2, 0) is 4.79 Å². The molecular weight excluding hydrogens is 414 g/mol. The molecule has 1 aromatic heterocycles. The Morgan fingerprint density at radius 3 is 2.50 bits per heavy atom. The summed E-state index contributed by atoms with van der Waals surface area (Å²) in [5, 5.41) is 0.781. The average Bonchev–Trinajstić information content (AvgIpc) is 3.18. The molecule has 2 aromatic carbocycles. The number of likely N-dealkylation sites (N-methyl/N-ethyl adjacent to an activating group) is 1. The first-order chi connectivity index (χ1) is 14.5. The van der Waals surface area contributed by atoms with Crippen molar-refractivity contribution < 1.29 is 9.53 Å². The third-order valence-electron chi connectivity index (χ3n) is 5.02. The van der Waals surface area contributed by atoms with E-state index in [-0.39, 0.29) is 5.91 Å². The summed E-state index contributed by atoms with van der Waals surface area (Å²) in [6.07, 6.45) is 0. The van der Waals surface area contributed by atoms with Gasteiger partial charge in [-0.2, -0.15) is 0 Å². The number of amides is 1. The number of aromatic nitrogens is 1. The van der Waals surface area contributed by atoms with Gasteiger partial charge in [0.1, 0.15) is 5.75 Å². The first-order valence-electron chi connectivity index (χ1n) is 10.2. The number of carbonyl (C=O) groups excluding carboxylic acids is 1. The minimum Gasteiger partial charge on any atom is -0.497 e. The Labute approximate surface area is 187 Å². The molecule has 0 saturated carbocycles. The number of anilines is 1. The van der Waals surface area contributed by atoms with E-state index >= 15 is 0 Å². The Hall–Kier alpha value is -2.09. The molecule has 0 saturated heterocycles. The Morgan fingerprint density at radius 1 is 1.10 bits per heavy atom. The average molecular weight is 444 g/mol. The van der Waals surface area contributed by atoms with Gasteiger partial charge in [0.15, 0.2) is 5.13 Å². The van der Waals surface area contributed by atoms with Crippen LogP contribution in [0.5, 0.6) is 5.75 Å². The number of hydrogen-bond acceptors (Lipinski definition) is 6. The normalized spacial score (nSPS) is 11.2. The molecule has 0 fully saturated rings. The summed E-state index contributed by atoms with van der Waals surface area (Å²) in [4.78, 5) is 23.2. The lowest BCUT2D eigenvalue weighted by molar-refractivity contribution is -0.116. The molecule has 0 aliphatic heterocycles. The van der Waals surface area contributed by atoms with Crippen molar-refractivity contribution in [1.29, 1.82) is 0 Å². The zero-order valence-corrected chi connectivity index (χ0v) is 19.7. The predicted molar refractivity (Wildman–Crippen MR) is 128 cm³/mol. The van der Waals surface area contributed by atoms with Crippen LogP contribution < -0.4 is 9.64 Å². The second kappa shape index (κ2) is 10.8. The fourth-order valence-corrected chi connectivity index (χ4v) is 5.02. The van der Waals surface area contributed by atoms with Crippen molar-refractivity contribution >= 4 is 44.4 Å². The molecule has 0 radical (unpaired) electrons. The zero-order chi connectivity index (χ0) is 21.5. The first-order valence-corrected chi connectivity index (χ1v) is 12.0. The number of nitrogens with zero attached hydrogens (tertiary/aromatic N) is 3. The van der Waals surface area contributed by atoms with Crippen molar-refractivity contribution in [2.24, 2.45) is 0 Å². The van der Waals surface area contributed by atoms with E-state index < -0.39 is 0 Å². The summed E-state index contributed by atoms with van der Waals surface area (Å²) in [7, 11) is 1.65. The molecule has 0 bridgehead atoms. The fraction of sp³-hybridized carbons (Fsp3) is 0.391. The molecule has 5 nitrogen and oxygen atoms in total. The predicted octanol–water partition coefficient (Wildman–Crippen LogP) is 5.08. The third kappa shape index (κ3) is 5.74. The summed E-state index contributed by atoms with van der Waals surface area (Å²) in [5.41, 5.74) is 2.15. The molecule has 0 aliphatic rings. The maximum atomic E-state index is 13.2. The van der Waals surface area contributed by atoms with E-state index in [1.54, 1.807) is 30.2 Å². The highest BCUT2D eigenvalue weighted by atomic mass is 32.2. The van der Waals surface area contributed by atoms with E-state index in [4.69, 9.17) is 9.72 Å². The molecule has 1 amide bonds. The Bertz CT molecular complexity index is 968. The molecular formula is C23H29N3O2S2. The second-order valence-electron chi connectivity index (χ2n) is 7.00. The van der Waals surface area contributed by atoms with E-state index in [0.29, 0.717) is 12.3 Å². The number of aryl methyl sites for hydroxylation is 1. The minimum atomic E-state index is 0.0822. The zero-order valence-electron chi connectivity index (χ0n) is 18.1. The van der Waals surface area contributed by atoms with E-state index in [9.17, 15) is 4.79 Å². The van der Waals surface area contributed by atoms with Crippen LogP contribution in [0.25, 0.3) is 10.2 Å². The maximum Gasteiger partial charge on any atom is 0.239 e. The molecule has 0 N–H and O–H groups in total. The molecule has 0 unspecified atom stereocenters. The van der Waals surface area contributed by atoms with Gasteiger partial charge in [-0.15, -0.1) is 11.8 Å². The number of carbonyl (C=O) groups is 1. The summed E-state index contributed by atoms with van der Waals surface area (Å²) < 4.78 is 6.33. The summed E-state index contributed by atoms with van der Waals surface area (Å²) >= 11 is 3.13. The highest BCUT2D eigenvalue weighted by molar-refractivity contribution is 8.00. The van der Waals surface area contributed by atoms with Gasteiger partial charge in [0.25, 0.3) is 0 Å². The molecule has 30 heavy (non-hydrogen) atoms. The maximum absolute atomic E-state index is 13.2. The van der Waals surface area contributed by atoms with Crippen LogP contribution >= 0.6 is 23.1 Å². The van der Waals surface area contributed by atoms with Crippen LogP contribution in [0.4, 0.5) is 5.13 Å². The fourth-order valence-electron chi connectivity index (χ4n) is 3.14. The van der Waals surface area contributed by atoms with Crippen molar-refractivity contribution in [2.45, 2.75) is 25.7 Å². The number of ether oxygens (including phenoxy) is 1. The van der Waals surface area contributed by atoms with Gasteiger partial charge in [0.2, 0.25) is 5.91 Å². The summed E-state index contributed by atoms with van der Waals surface area (Å²) in [6.45, 7) is 9.79. The van der Waals surface area contributed by atoms with E-state index in [1.165, 1.54) is 5.56 Å². The Kier molecular flexibility index (Phi) is 8.13. The standard InChI is InChI=1S/C23H29N3O2S2/c1-5-25(6-2)13-14-26(23-24-20-12-7-17(3)15-21(20)30-23)22(27)16-29-19-10-8-18(28-4)9-11-19/h7-12,15H,5-6,13-14,16H2,1-4H3. The highest BCUT2D eigenvalue weighted by Gasteiger charge is 2.20. The second-order valence-corrected chi connectivity index (χ2v) is 9.06. The van der Waals surface area contributed by atoms with Crippen LogP contribution in [-0.4, -0.2) is 54.8 Å². The van der Waals surface area contributed by atoms with Gasteiger partial charge in [-0.25, -0.2) is 4.98 Å². The number of hydrogen-bond donors (Lipinski definition) is 0. The number of methoxy groups -OCH3 is 1. The molecule has 0 aliphatic carbocycles. The van der Waals surface area contributed by atoms with Crippen molar-refractivity contribution in [3.63, 3.8) is 0 Å². The van der Waals surface area contributed by atoms with Gasteiger partial charge in [-0.05, 0) is 62.0 Å². The van der Waals surface area contributed by atoms with Crippen LogP contribution in [0, 0.1) is 6.92 Å². The van der Waals surface area contributed by atoms with Crippen LogP contribution in [0.1, 0.15) is 19.4 Å². The minimum absolute atomic E-state index is 0.0822. The number of thiazole rings is 1. The van der Waals surface area contributed by atoms with Crippen molar-refractivity contribution in [2.75, 3.05) is 43.9 Å². The van der Waals surface area contributed by atoms with E-state index in [1.807, 2.05) is 35.2 Å². The molecule has 160 valence electrons. The smallest absolute Gasteiger partial charge is 0.239 e. The van der Waals surface area contributed by atoms with Crippen molar-refractivity contribution in [1.82, 2.24) is 9.88 Å². The van der Waals surface area contributed by atoms with Crippen molar-refractivity contribution in [3.8, 4) is 5.75 Å². The van der Waals surface area contributed by atoms with Gasteiger partial charge in [-0.1, -0.05) is 31.3 Å². The number of fused-ring (bicyclic) bond motifs is 1. The highest BCUT2D eigenvalue weighted by Crippen LogP contribution is 2.30. The van der Waals surface area contributed by atoms with Gasteiger partial charge >= 0.3 is 0 Å². The summed E-state index contributed by atoms with van der Waals surface area (Å²) in [5.74, 6) is 1.27. The van der Waals surface area contributed by atoms with Gasteiger partial charge in [0.05, 0.1) is 23.1 Å². The Morgan fingerprint density at radius 2 is 1.83 bits per heavy atom. The van der Waals surface area contributed by atoms with Gasteiger partial charge in [0, 0.05) is 18.0 Å². The lowest BCUT2D eigenvalue weighted by atomic mass is 10.2. The quantitative estimate of drug-likeness (QED) is 0.409. The Balaban J connectivity index is 1.77. The lowest BCUT2D eigenvalue weighted by Gasteiger charge is -2.24. The molecule has 0 atom stereocenters. The van der Waals surface area contributed by atoms with Crippen LogP contribution in [0.15, 0.2) is 47.4 Å². The molecule has 3 aromatic rings. The monoisotopic (exact) mass is 443 g/mol. The number of benzene rings is 2. The third-order valence-corrected chi connectivity index (χ3v) is 7.06. The number of thioether (sulfide) groups is 1. The molecule has 7 heteroatoms. The van der Waals surface area contributed by atoms with Gasteiger partial charge < -0.3 is 9.64 Å². The topological polar surface area (TPSA) is 45.7 Å². The van der Waals surface area contributed by atoms with Gasteiger partial charge in [-0.3, -0.25) is 9.69 Å². The first kappa shape index (κ1) is 22.6. The van der Waals surface area contributed by atoms with Crippen molar-refractivity contribution in [3.05, 3.63) is 48.0 Å². The largest absolute Gasteiger partial charge is 0.497 e. The lowest BCUT2D eigenvalue weighted by Crippen LogP contribution is -2.39. The molecule has 3 rings (SSSR count). The van der Waals surface area contributed by atoms with Crippen LogP contribution in [0.3, 0.4) is 0 Å². The molecule has 0 spiro atoms.